The van der Waals surface area contributed by atoms with Gasteiger partial charge in [0.1, 0.15) is 18.5 Å². The molecule has 0 amide bonds. The zero-order valence-electron chi connectivity index (χ0n) is 18.0. The van der Waals surface area contributed by atoms with E-state index in [2.05, 4.69) is 43.0 Å². The third-order valence-corrected chi connectivity index (χ3v) is 4.98. The van der Waals surface area contributed by atoms with E-state index in [1.54, 1.807) is 13.4 Å². The van der Waals surface area contributed by atoms with Crippen LogP contribution in [-0.4, -0.2) is 36.4 Å². The van der Waals surface area contributed by atoms with Crippen molar-refractivity contribution in [2.45, 2.75) is 39.0 Å². The summed E-state index contributed by atoms with van der Waals surface area (Å²) in [6.45, 7) is 6.35. The average molecular weight is 410 g/mol. The maximum Gasteiger partial charge on any atom is 0.161 e. The van der Waals surface area contributed by atoms with Gasteiger partial charge in [-0.2, -0.15) is 0 Å². The predicted molar refractivity (Wildman–Crippen MR) is 118 cm³/mol. The fraction of sp³-hybridized carbons (Fsp3) is 0.360. The van der Waals surface area contributed by atoms with Crippen molar-refractivity contribution in [1.29, 1.82) is 0 Å². The number of para-hydroxylation sites is 2. The molecule has 3 aromatic rings. The van der Waals surface area contributed by atoms with Gasteiger partial charge in [-0.15, -0.1) is 0 Å². The predicted octanol–water partition coefficient (Wildman–Crippen LogP) is 4.85. The van der Waals surface area contributed by atoms with Crippen LogP contribution in [0.5, 0.6) is 11.5 Å². The summed E-state index contributed by atoms with van der Waals surface area (Å²) in [6.07, 6.45) is 1.02. The lowest BCUT2D eigenvalue weighted by Crippen LogP contribution is -2.35. The van der Waals surface area contributed by atoms with Crippen molar-refractivity contribution in [3.8, 4) is 11.5 Å². The van der Waals surface area contributed by atoms with E-state index >= 15 is 0 Å². The Morgan fingerprint density at radius 2 is 1.67 bits per heavy atom. The van der Waals surface area contributed by atoms with Gasteiger partial charge in [-0.05, 0) is 41.3 Å². The van der Waals surface area contributed by atoms with Crippen molar-refractivity contribution >= 4 is 0 Å². The normalized spacial score (nSPS) is 12.3. The van der Waals surface area contributed by atoms with E-state index in [4.69, 9.17) is 13.9 Å². The number of benzene rings is 2. The van der Waals surface area contributed by atoms with Crippen molar-refractivity contribution in [3.05, 3.63) is 83.8 Å². The zero-order chi connectivity index (χ0) is 21.3. The van der Waals surface area contributed by atoms with Crippen molar-refractivity contribution in [1.82, 2.24) is 4.90 Å². The van der Waals surface area contributed by atoms with Crippen molar-refractivity contribution < 1.29 is 19.0 Å². The van der Waals surface area contributed by atoms with E-state index in [9.17, 15) is 5.11 Å². The number of nitrogens with zero attached hydrogens (tertiary/aromatic N) is 1. The molecule has 0 spiro atoms. The van der Waals surface area contributed by atoms with Gasteiger partial charge < -0.3 is 19.0 Å². The Kier molecular flexibility index (Phi) is 7.94. The summed E-state index contributed by atoms with van der Waals surface area (Å²) in [7, 11) is 1.61. The van der Waals surface area contributed by atoms with Crippen molar-refractivity contribution in [3.63, 3.8) is 0 Å². The molecule has 1 heterocycles. The minimum Gasteiger partial charge on any atom is -0.493 e. The van der Waals surface area contributed by atoms with Gasteiger partial charge in [0, 0.05) is 13.1 Å². The van der Waals surface area contributed by atoms with E-state index in [1.807, 2.05) is 36.4 Å². The molecule has 3 rings (SSSR count). The standard InChI is InChI=1S/C25H31NO4/c1-19(2)21-12-10-20(11-13-21)15-26(17-23-7-6-14-29-23)16-22(27)18-30-25-9-5-4-8-24(25)28-3/h4-14,19,22,27H,15-18H2,1-3H3. The van der Waals surface area contributed by atoms with Crippen LogP contribution in [0.25, 0.3) is 0 Å². The second-order valence-electron chi connectivity index (χ2n) is 7.76. The number of rotatable bonds is 11. The van der Waals surface area contributed by atoms with Crippen LogP contribution in [0.2, 0.25) is 0 Å². The summed E-state index contributed by atoms with van der Waals surface area (Å²) in [5.41, 5.74) is 2.52. The number of aliphatic hydroxyl groups is 1. The molecule has 0 fully saturated rings. The molecule has 2 aromatic carbocycles. The Morgan fingerprint density at radius 3 is 2.30 bits per heavy atom. The number of methoxy groups -OCH3 is 1. The van der Waals surface area contributed by atoms with Crippen LogP contribution in [0.4, 0.5) is 0 Å². The molecule has 0 radical (unpaired) electrons. The van der Waals surface area contributed by atoms with Crippen LogP contribution >= 0.6 is 0 Å². The molecule has 160 valence electrons. The average Bonchev–Trinajstić information content (AvgIpc) is 3.26. The lowest BCUT2D eigenvalue weighted by molar-refractivity contribution is 0.0596. The monoisotopic (exact) mass is 409 g/mol. The summed E-state index contributed by atoms with van der Waals surface area (Å²) in [5.74, 6) is 2.65. The molecule has 1 aromatic heterocycles. The third kappa shape index (κ3) is 6.37. The van der Waals surface area contributed by atoms with Gasteiger partial charge in [0.15, 0.2) is 11.5 Å². The number of furan rings is 1. The summed E-state index contributed by atoms with van der Waals surface area (Å²) >= 11 is 0. The van der Waals surface area contributed by atoms with Crippen molar-refractivity contribution in [2.24, 2.45) is 0 Å². The SMILES string of the molecule is COc1ccccc1OCC(O)CN(Cc1ccc(C(C)C)cc1)Cc1ccco1. The van der Waals surface area contributed by atoms with Crippen LogP contribution in [0.1, 0.15) is 36.7 Å². The molecule has 5 nitrogen and oxygen atoms in total. The van der Waals surface area contributed by atoms with Crippen LogP contribution in [0, 0.1) is 0 Å². The molecular weight excluding hydrogens is 378 g/mol. The van der Waals surface area contributed by atoms with Crippen molar-refractivity contribution in [2.75, 3.05) is 20.3 Å². The smallest absolute Gasteiger partial charge is 0.161 e. The molecular formula is C25H31NO4. The third-order valence-electron chi connectivity index (χ3n) is 4.98. The van der Waals surface area contributed by atoms with E-state index in [0.29, 0.717) is 37.1 Å². The molecule has 0 aliphatic carbocycles. The molecule has 30 heavy (non-hydrogen) atoms. The number of hydrogen-bond donors (Lipinski definition) is 1. The molecule has 5 heteroatoms. The highest BCUT2D eigenvalue weighted by molar-refractivity contribution is 5.39. The molecule has 1 atom stereocenters. The molecule has 1 unspecified atom stereocenters. The molecule has 0 aliphatic rings. The molecule has 0 saturated carbocycles. The minimum absolute atomic E-state index is 0.182. The largest absolute Gasteiger partial charge is 0.493 e. The Labute approximate surface area is 178 Å². The second-order valence-corrected chi connectivity index (χ2v) is 7.76. The Morgan fingerprint density at radius 1 is 0.933 bits per heavy atom. The highest BCUT2D eigenvalue weighted by Crippen LogP contribution is 2.26. The van der Waals surface area contributed by atoms with Crippen LogP contribution in [-0.2, 0) is 13.1 Å². The fourth-order valence-corrected chi connectivity index (χ4v) is 3.35. The van der Waals surface area contributed by atoms with Gasteiger partial charge in [0.05, 0.1) is 19.9 Å². The van der Waals surface area contributed by atoms with E-state index < -0.39 is 6.10 Å². The maximum absolute atomic E-state index is 10.6. The van der Waals surface area contributed by atoms with Gasteiger partial charge in [-0.1, -0.05) is 50.2 Å². The molecule has 1 N–H and O–H groups in total. The number of aliphatic hydroxyl groups excluding tert-OH is 1. The van der Waals surface area contributed by atoms with Gasteiger partial charge in [0.25, 0.3) is 0 Å². The molecule has 0 saturated heterocycles. The lowest BCUT2D eigenvalue weighted by Gasteiger charge is -2.25. The van der Waals surface area contributed by atoms with Crippen LogP contribution < -0.4 is 9.47 Å². The first-order valence-corrected chi connectivity index (χ1v) is 10.3. The minimum atomic E-state index is -0.653. The first-order valence-electron chi connectivity index (χ1n) is 10.3. The highest BCUT2D eigenvalue weighted by atomic mass is 16.5. The molecule has 0 aliphatic heterocycles. The summed E-state index contributed by atoms with van der Waals surface area (Å²) in [4.78, 5) is 2.17. The Balaban J connectivity index is 1.62. The highest BCUT2D eigenvalue weighted by Gasteiger charge is 2.16. The van der Waals surface area contributed by atoms with Crippen LogP contribution in [0.15, 0.2) is 71.3 Å². The Hall–Kier alpha value is -2.76. The second kappa shape index (κ2) is 10.9. The summed E-state index contributed by atoms with van der Waals surface area (Å²) in [6, 6.07) is 19.9. The molecule has 0 bridgehead atoms. The zero-order valence-corrected chi connectivity index (χ0v) is 18.0. The van der Waals surface area contributed by atoms with E-state index in [1.165, 1.54) is 11.1 Å². The lowest BCUT2D eigenvalue weighted by atomic mass is 10.0. The number of hydrogen-bond acceptors (Lipinski definition) is 5. The van der Waals surface area contributed by atoms with Crippen LogP contribution in [0.3, 0.4) is 0 Å². The number of ether oxygens (including phenoxy) is 2. The first-order chi connectivity index (χ1) is 14.5. The fourth-order valence-electron chi connectivity index (χ4n) is 3.35. The quantitative estimate of drug-likeness (QED) is 0.490. The first kappa shape index (κ1) is 21.9. The van der Waals surface area contributed by atoms with Gasteiger partial charge in [-0.3, -0.25) is 4.90 Å². The maximum atomic E-state index is 10.6. The summed E-state index contributed by atoms with van der Waals surface area (Å²) in [5, 5.41) is 10.6. The topological polar surface area (TPSA) is 55.1 Å². The summed E-state index contributed by atoms with van der Waals surface area (Å²) < 4.78 is 16.6. The van der Waals surface area contributed by atoms with E-state index in [-0.39, 0.29) is 6.61 Å². The van der Waals surface area contributed by atoms with Gasteiger partial charge in [-0.25, -0.2) is 0 Å². The van der Waals surface area contributed by atoms with Gasteiger partial charge >= 0.3 is 0 Å². The van der Waals surface area contributed by atoms with Gasteiger partial charge in [0.2, 0.25) is 0 Å². The van der Waals surface area contributed by atoms with E-state index in [0.717, 1.165) is 5.76 Å². The Bertz CT molecular complexity index is 874.